The molecule has 0 N–H and O–H groups in total. The fourth-order valence-electron chi connectivity index (χ4n) is 2.08. The van der Waals surface area contributed by atoms with Crippen LogP contribution in [-0.4, -0.2) is 17.0 Å². The van der Waals surface area contributed by atoms with Crippen molar-refractivity contribution >= 4 is 28.2 Å². The van der Waals surface area contributed by atoms with E-state index in [1.165, 1.54) is 7.11 Å². The van der Waals surface area contributed by atoms with E-state index in [1.54, 1.807) is 18.2 Å². The number of ether oxygens (including phenoxy) is 1. The molecule has 0 aliphatic heterocycles. The van der Waals surface area contributed by atoms with Gasteiger partial charge >= 0.3 is 5.69 Å². The smallest absolute Gasteiger partial charge is 0.309 e. The van der Waals surface area contributed by atoms with Crippen LogP contribution >= 0.6 is 11.6 Å². The maximum Gasteiger partial charge on any atom is 0.309 e. The minimum absolute atomic E-state index is 0.110. The highest BCUT2D eigenvalue weighted by Crippen LogP contribution is 2.36. The molecule has 0 aliphatic carbocycles. The number of benzene rings is 1. The zero-order valence-corrected chi connectivity index (χ0v) is 12.3. The third-order valence-corrected chi connectivity index (χ3v) is 3.34. The molecule has 2 aromatic rings. The van der Waals surface area contributed by atoms with Gasteiger partial charge in [0.15, 0.2) is 0 Å². The van der Waals surface area contributed by atoms with Crippen LogP contribution in [0.15, 0.2) is 18.2 Å². The highest BCUT2D eigenvalue weighted by molar-refractivity contribution is 6.37. The molecule has 0 saturated heterocycles. The van der Waals surface area contributed by atoms with Crippen molar-refractivity contribution < 1.29 is 9.66 Å². The predicted octanol–water partition coefficient (Wildman–Crippen LogP) is 4.00. The van der Waals surface area contributed by atoms with Gasteiger partial charge in [0.2, 0.25) is 0 Å². The summed E-state index contributed by atoms with van der Waals surface area (Å²) in [7, 11) is 1.53. The average Bonchev–Trinajstić information content (AvgIpc) is 2.37. The molecule has 0 amide bonds. The molecule has 1 heterocycles. The molecule has 0 aliphatic rings. The summed E-state index contributed by atoms with van der Waals surface area (Å²) in [5.74, 6) is 0.847. The normalized spacial score (nSPS) is 11.1. The molecule has 0 radical (unpaired) electrons. The van der Waals surface area contributed by atoms with Gasteiger partial charge in [0.25, 0.3) is 0 Å². The second kappa shape index (κ2) is 5.63. The topological polar surface area (TPSA) is 65.3 Å². The maximum absolute atomic E-state index is 11.3. The van der Waals surface area contributed by atoms with E-state index < -0.39 is 4.92 Å². The van der Waals surface area contributed by atoms with Gasteiger partial charge in [0.1, 0.15) is 16.5 Å². The second-order valence-electron chi connectivity index (χ2n) is 4.96. The van der Waals surface area contributed by atoms with E-state index >= 15 is 0 Å². The minimum atomic E-state index is -0.466. The van der Waals surface area contributed by atoms with Crippen LogP contribution < -0.4 is 4.74 Å². The quantitative estimate of drug-likeness (QED) is 0.631. The average molecular weight is 295 g/mol. The van der Waals surface area contributed by atoms with E-state index in [2.05, 4.69) is 4.98 Å². The Labute approximate surface area is 121 Å². The lowest BCUT2D eigenvalue weighted by atomic mass is 10.0. The van der Waals surface area contributed by atoms with E-state index in [0.717, 1.165) is 0 Å². The van der Waals surface area contributed by atoms with Gasteiger partial charge in [-0.1, -0.05) is 25.4 Å². The molecule has 1 aromatic heterocycles. The monoisotopic (exact) mass is 294 g/mol. The Morgan fingerprint density at radius 1 is 1.45 bits per heavy atom. The zero-order chi connectivity index (χ0) is 14.9. The number of hydrogen-bond acceptors (Lipinski definition) is 4. The summed E-state index contributed by atoms with van der Waals surface area (Å²) in [6.45, 7) is 3.97. The molecule has 106 valence electrons. The molecule has 0 atom stereocenters. The zero-order valence-electron chi connectivity index (χ0n) is 11.5. The molecule has 1 aromatic carbocycles. The van der Waals surface area contributed by atoms with Crippen LogP contribution in [0.1, 0.15) is 19.5 Å². The van der Waals surface area contributed by atoms with Crippen molar-refractivity contribution in [2.45, 2.75) is 20.3 Å². The number of hydrogen-bond donors (Lipinski definition) is 0. The van der Waals surface area contributed by atoms with E-state index in [-0.39, 0.29) is 16.6 Å². The van der Waals surface area contributed by atoms with Crippen molar-refractivity contribution in [3.63, 3.8) is 0 Å². The van der Waals surface area contributed by atoms with Crippen LogP contribution in [0, 0.1) is 16.0 Å². The third-order valence-electron chi connectivity index (χ3n) is 2.96. The number of fused-ring (bicyclic) bond motifs is 1. The van der Waals surface area contributed by atoms with Crippen molar-refractivity contribution in [3.05, 3.63) is 39.0 Å². The highest BCUT2D eigenvalue weighted by atomic mass is 35.5. The predicted molar refractivity (Wildman–Crippen MR) is 78.5 cm³/mol. The molecule has 0 spiro atoms. The SMILES string of the molecule is COc1ccc2nc(CC(C)C)c([N+](=O)[O-])c(Cl)c2c1. The van der Waals surface area contributed by atoms with Crippen molar-refractivity contribution in [1.82, 2.24) is 4.98 Å². The van der Waals surface area contributed by atoms with Crippen LogP contribution in [0.3, 0.4) is 0 Å². The van der Waals surface area contributed by atoms with E-state index in [4.69, 9.17) is 16.3 Å². The molecule has 0 saturated carbocycles. The van der Waals surface area contributed by atoms with Crippen molar-refractivity contribution in [2.24, 2.45) is 5.92 Å². The number of nitrogens with zero attached hydrogens (tertiary/aromatic N) is 2. The fourth-order valence-corrected chi connectivity index (χ4v) is 2.41. The number of rotatable bonds is 4. The van der Waals surface area contributed by atoms with E-state index in [1.807, 2.05) is 13.8 Å². The first-order chi connectivity index (χ1) is 9.43. The first kappa shape index (κ1) is 14.5. The first-order valence-electron chi connectivity index (χ1n) is 6.24. The van der Waals surface area contributed by atoms with Gasteiger partial charge in [0.05, 0.1) is 17.5 Å². The molecule has 5 nitrogen and oxygen atoms in total. The minimum Gasteiger partial charge on any atom is -0.497 e. The van der Waals surface area contributed by atoms with Crippen LogP contribution in [0.2, 0.25) is 5.02 Å². The molecular formula is C14H15ClN2O3. The molecule has 20 heavy (non-hydrogen) atoms. The van der Waals surface area contributed by atoms with Crippen LogP contribution in [0.4, 0.5) is 5.69 Å². The number of methoxy groups -OCH3 is 1. The van der Waals surface area contributed by atoms with Crippen LogP contribution in [0.5, 0.6) is 5.75 Å². The Kier molecular flexibility index (Phi) is 4.09. The molecule has 2 rings (SSSR count). The highest BCUT2D eigenvalue weighted by Gasteiger charge is 2.24. The van der Waals surface area contributed by atoms with Gasteiger partial charge in [-0.2, -0.15) is 0 Å². The number of pyridine rings is 1. The second-order valence-corrected chi connectivity index (χ2v) is 5.34. The Bertz CT molecular complexity index is 671. The summed E-state index contributed by atoms with van der Waals surface area (Å²) in [6, 6.07) is 5.18. The molecule has 6 heteroatoms. The van der Waals surface area contributed by atoms with Gasteiger partial charge in [-0.15, -0.1) is 0 Å². The largest absolute Gasteiger partial charge is 0.497 e. The van der Waals surface area contributed by atoms with Crippen molar-refractivity contribution in [1.29, 1.82) is 0 Å². The number of nitro groups is 1. The lowest BCUT2D eigenvalue weighted by Crippen LogP contribution is -2.04. The van der Waals surface area contributed by atoms with Crippen LogP contribution in [-0.2, 0) is 6.42 Å². The van der Waals surface area contributed by atoms with Gasteiger partial charge in [0, 0.05) is 5.39 Å². The third kappa shape index (κ3) is 2.67. The summed E-state index contributed by atoms with van der Waals surface area (Å²) in [5, 5.41) is 11.9. The van der Waals surface area contributed by atoms with Gasteiger partial charge < -0.3 is 4.74 Å². The summed E-state index contributed by atoms with van der Waals surface area (Å²) in [5.41, 5.74) is 0.950. The van der Waals surface area contributed by atoms with Crippen molar-refractivity contribution in [2.75, 3.05) is 7.11 Å². The Morgan fingerprint density at radius 3 is 2.70 bits per heavy atom. The van der Waals surface area contributed by atoms with E-state index in [9.17, 15) is 10.1 Å². The standard InChI is InChI=1S/C14H15ClN2O3/c1-8(2)6-12-14(17(18)19)13(15)10-7-9(20-3)4-5-11(10)16-12/h4-5,7-8H,6H2,1-3H3. The first-order valence-corrected chi connectivity index (χ1v) is 6.62. The van der Waals surface area contributed by atoms with Crippen molar-refractivity contribution in [3.8, 4) is 5.75 Å². The van der Waals surface area contributed by atoms with Gasteiger partial charge in [-0.05, 0) is 30.5 Å². The number of halogens is 1. The molecule has 0 unspecified atom stereocenters. The fraction of sp³-hybridized carbons (Fsp3) is 0.357. The molecule has 0 bridgehead atoms. The number of aromatic nitrogens is 1. The molecule has 0 fully saturated rings. The lowest BCUT2D eigenvalue weighted by molar-refractivity contribution is -0.385. The summed E-state index contributed by atoms with van der Waals surface area (Å²) >= 11 is 6.22. The summed E-state index contributed by atoms with van der Waals surface area (Å²) in [4.78, 5) is 15.2. The summed E-state index contributed by atoms with van der Waals surface area (Å²) < 4.78 is 5.12. The van der Waals surface area contributed by atoms with Gasteiger partial charge in [-0.3, -0.25) is 10.1 Å². The Hall–Kier alpha value is -1.88. The lowest BCUT2D eigenvalue weighted by Gasteiger charge is -2.10. The Morgan fingerprint density at radius 2 is 2.15 bits per heavy atom. The maximum atomic E-state index is 11.3. The summed E-state index contributed by atoms with van der Waals surface area (Å²) in [6.07, 6.45) is 0.512. The Balaban J connectivity index is 2.74. The van der Waals surface area contributed by atoms with Crippen LogP contribution in [0.25, 0.3) is 10.9 Å². The van der Waals surface area contributed by atoms with E-state index in [0.29, 0.717) is 28.8 Å². The van der Waals surface area contributed by atoms with Gasteiger partial charge in [-0.25, -0.2) is 4.98 Å². The molecular weight excluding hydrogens is 280 g/mol.